The van der Waals surface area contributed by atoms with Crippen molar-refractivity contribution in [2.24, 2.45) is 0 Å². The van der Waals surface area contributed by atoms with Crippen LogP contribution in [0, 0.1) is 11.8 Å². The normalized spacial score (nSPS) is 11.1. The SMILES string of the molecule is CC(C)(C)c1cc(C#Cc2cccc(CO)c2)c(Cl)s1. The maximum Gasteiger partial charge on any atom is 0.109 e. The maximum atomic E-state index is 9.12. The number of hydrogen-bond acceptors (Lipinski definition) is 2. The van der Waals surface area contributed by atoms with Gasteiger partial charge < -0.3 is 5.11 Å². The Labute approximate surface area is 129 Å². The average molecular weight is 305 g/mol. The van der Waals surface area contributed by atoms with E-state index >= 15 is 0 Å². The van der Waals surface area contributed by atoms with Crippen LogP contribution < -0.4 is 0 Å². The lowest BCUT2D eigenvalue weighted by Gasteiger charge is -2.14. The second kappa shape index (κ2) is 6.01. The van der Waals surface area contributed by atoms with Crippen LogP contribution in [0.4, 0.5) is 0 Å². The predicted octanol–water partition coefficient (Wildman–Crippen LogP) is 4.59. The van der Waals surface area contributed by atoms with Crippen molar-refractivity contribution in [3.63, 3.8) is 0 Å². The van der Waals surface area contributed by atoms with Gasteiger partial charge in [0.1, 0.15) is 4.34 Å². The Morgan fingerprint density at radius 2 is 1.95 bits per heavy atom. The van der Waals surface area contributed by atoms with E-state index in [9.17, 15) is 0 Å². The van der Waals surface area contributed by atoms with Crippen LogP contribution in [0.1, 0.15) is 42.3 Å². The fourth-order valence-corrected chi connectivity index (χ4v) is 2.96. The summed E-state index contributed by atoms with van der Waals surface area (Å²) in [5, 5.41) is 9.12. The molecule has 20 heavy (non-hydrogen) atoms. The Bertz CT molecular complexity index is 668. The van der Waals surface area contributed by atoms with Gasteiger partial charge in [-0.15, -0.1) is 11.3 Å². The number of rotatable bonds is 1. The first kappa shape index (κ1) is 15.1. The molecule has 0 atom stereocenters. The number of benzene rings is 1. The highest BCUT2D eigenvalue weighted by Crippen LogP contribution is 2.35. The lowest BCUT2D eigenvalue weighted by atomic mass is 9.94. The van der Waals surface area contributed by atoms with Gasteiger partial charge in [0, 0.05) is 10.4 Å². The molecule has 0 saturated carbocycles. The van der Waals surface area contributed by atoms with E-state index < -0.39 is 0 Å². The summed E-state index contributed by atoms with van der Waals surface area (Å²) in [6, 6.07) is 9.65. The van der Waals surface area contributed by atoms with E-state index in [-0.39, 0.29) is 12.0 Å². The van der Waals surface area contributed by atoms with Crippen molar-refractivity contribution in [3.05, 3.63) is 56.2 Å². The Kier molecular flexibility index (Phi) is 4.55. The zero-order valence-electron chi connectivity index (χ0n) is 11.8. The third-order valence-corrected chi connectivity index (χ3v) is 4.66. The Hall–Kier alpha value is -1.27. The highest BCUT2D eigenvalue weighted by Gasteiger charge is 2.18. The zero-order chi connectivity index (χ0) is 14.8. The van der Waals surface area contributed by atoms with Crippen LogP contribution in [0.25, 0.3) is 0 Å². The molecule has 1 heterocycles. The summed E-state index contributed by atoms with van der Waals surface area (Å²) in [5.74, 6) is 6.22. The van der Waals surface area contributed by atoms with Gasteiger partial charge in [0.2, 0.25) is 0 Å². The van der Waals surface area contributed by atoms with E-state index in [4.69, 9.17) is 16.7 Å². The van der Waals surface area contributed by atoms with Crippen molar-refractivity contribution in [1.82, 2.24) is 0 Å². The first-order valence-corrected chi connectivity index (χ1v) is 7.61. The van der Waals surface area contributed by atoms with Gasteiger partial charge in [-0.2, -0.15) is 0 Å². The zero-order valence-corrected chi connectivity index (χ0v) is 13.4. The molecule has 104 valence electrons. The molecule has 0 spiro atoms. The van der Waals surface area contributed by atoms with E-state index in [1.807, 2.05) is 24.3 Å². The number of halogens is 1. The topological polar surface area (TPSA) is 20.2 Å². The third kappa shape index (κ3) is 3.64. The monoisotopic (exact) mass is 304 g/mol. The summed E-state index contributed by atoms with van der Waals surface area (Å²) in [5.41, 5.74) is 2.71. The molecule has 0 aliphatic carbocycles. The number of thiophene rings is 1. The standard InChI is InChI=1S/C17H17ClOS/c1-17(2,3)15-10-14(16(18)20-15)8-7-12-5-4-6-13(9-12)11-19/h4-6,9-10,19H,11H2,1-3H3. The summed E-state index contributed by atoms with van der Waals surface area (Å²) < 4.78 is 0.737. The maximum absolute atomic E-state index is 9.12. The van der Waals surface area contributed by atoms with Crippen LogP contribution in [0.5, 0.6) is 0 Å². The molecule has 0 bridgehead atoms. The molecule has 0 aliphatic rings. The van der Waals surface area contributed by atoms with Crippen LogP contribution in [0.2, 0.25) is 4.34 Å². The number of hydrogen-bond donors (Lipinski definition) is 1. The summed E-state index contributed by atoms with van der Waals surface area (Å²) in [6.07, 6.45) is 0. The number of aliphatic hydroxyl groups is 1. The molecule has 0 aliphatic heterocycles. The van der Waals surface area contributed by atoms with Crippen LogP contribution in [-0.4, -0.2) is 5.11 Å². The van der Waals surface area contributed by atoms with Crippen LogP contribution in [0.15, 0.2) is 30.3 Å². The molecule has 0 saturated heterocycles. The van der Waals surface area contributed by atoms with Crippen molar-refractivity contribution in [1.29, 1.82) is 0 Å². The lowest BCUT2D eigenvalue weighted by molar-refractivity contribution is 0.282. The summed E-state index contributed by atoms with van der Waals surface area (Å²) in [7, 11) is 0. The van der Waals surface area contributed by atoms with Crippen LogP contribution in [-0.2, 0) is 12.0 Å². The van der Waals surface area contributed by atoms with Gasteiger partial charge in [-0.3, -0.25) is 0 Å². The summed E-state index contributed by atoms with van der Waals surface area (Å²) in [6.45, 7) is 6.52. The number of aliphatic hydroxyl groups excluding tert-OH is 1. The highest BCUT2D eigenvalue weighted by atomic mass is 35.5. The van der Waals surface area contributed by atoms with E-state index in [2.05, 4.69) is 38.7 Å². The van der Waals surface area contributed by atoms with E-state index in [1.165, 1.54) is 4.88 Å². The van der Waals surface area contributed by atoms with Gasteiger partial charge in [0.15, 0.2) is 0 Å². The van der Waals surface area contributed by atoms with Gasteiger partial charge in [-0.25, -0.2) is 0 Å². The molecule has 3 heteroatoms. The third-order valence-electron chi connectivity index (χ3n) is 2.88. The van der Waals surface area contributed by atoms with E-state index in [0.29, 0.717) is 0 Å². The van der Waals surface area contributed by atoms with Gasteiger partial charge in [-0.05, 0) is 29.2 Å². The van der Waals surface area contributed by atoms with Crippen LogP contribution >= 0.6 is 22.9 Å². The molecule has 1 nitrogen and oxygen atoms in total. The largest absolute Gasteiger partial charge is 0.392 e. The smallest absolute Gasteiger partial charge is 0.109 e. The van der Waals surface area contributed by atoms with Gasteiger partial charge in [0.25, 0.3) is 0 Å². The Balaban J connectivity index is 2.31. The molecule has 1 aromatic heterocycles. The summed E-state index contributed by atoms with van der Waals surface area (Å²) in [4.78, 5) is 1.23. The molecule has 0 amide bonds. The Morgan fingerprint density at radius 3 is 2.55 bits per heavy atom. The fraction of sp³-hybridized carbons (Fsp3) is 0.294. The van der Waals surface area contributed by atoms with Crippen molar-refractivity contribution in [2.45, 2.75) is 32.8 Å². The molecule has 0 radical (unpaired) electrons. The minimum atomic E-state index is 0.0307. The van der Waals surface area contributed by atoms with E-state index in [0.717, 1.165) is 21.0 Å². The first-order chi connectivity index (χ1) is 9.40. The molecular weight excluding hydrogens is 288 g/mol. The van der Waals surface area contributed by atoms with Gasteiger partial charge in [-0.1, -0.05) is 56.3 Å². The highest BCUT2D eigenvalue weighted by molar-refractivity contribution is 7.16. The quantitative estimate of drug-likeness (QED) is 0.764. The van der Waals surface area contributed by atoms with Gasteiger partial charge >= 0.3 is 0 Å². The van der Waals surface area contributed by atoms with Gasteiger partial charge in [0.05, 0.1) is 12.2 Å². The molecule has 1 aromatic carbocycles. The Morgan fingerprint density at radius 1 is 1.20 bits per heavy atom. The van der Waals surface area contributed by atoms with E-state index in [1.54, 1.807) is 11.3 Å². The minimum Gasteiger partial charge on any atom is -0.392 e. The fourth-order valence-electron chi connectivity index (χ4n) is 1.71. The van der Waals surface area contributed by atoms with Crippen molar-refractivity contribution in [2.75, 3.05) is 0 Å². The molecule has 2 aromatic rings. The molecule has 1 N–H and O–H groups in total. The first-order valence-electron chi connectivity index (χ1n) is 6.42. The lowest BCUT2D eigenvalue weighted by Crippen LogP contribution is -2.07. The second-order valence-corrected chi connectivity index (χ2v) is 7.31. The van der Waals surface area contributed by atoms with Crippen molar-refractivity contribution >= 4 is 22.9 Å². The summed E-state index contributed by atoms with van der Waals surface area (Å²) >= 11 is 7.84. The van der Waals surface area contributed by atoms with Crippen LogP contribution in [0.3, 0.4) is 0 Å². The molecule has 0 fully saturated rings. The minimum absolute atomic E-state index is 0.0307. The van der Waals surface area contributed by atoms with Crippen molar-refractivity contribution < 1.29 is 5.11 Å². The van der Waals surface area contributed by atoms with Crippen molar-refractivity contribution in [3.8, 4) is 11.8 Å². The predicted molar refractivity (Wildman–Crippen MR) is 86.4 cm³/mol. The molecule has 2 rings (SSSR count). The molecule has 0 unspecified atom stereocenters. The average Bonchev–Trinajstić information content (AvgIpc) is 2.78. The molecular formula is C17H17ClOS. The second-order valence-electron chi connectivity index (χ2n) is 5.66.